The molecule has 6 heteroatoms. The van der Waals surface area contributed by atoms with E-state index in [-0.39, 0.29) is 5.91 Å². The molecule has 0 aliphatic carbocycles. The molecule has 1 aromatic heterocycles. The monoisotopic (exact) mass is 346 g/mol. The van der Waals surface area contributed by atoms with E-state index in [2.05, 4.69) is 5.43 Å². The molecule has 1 N–H and O–H groups in total. The van der Waals surface area contributed by atoms with Gasteiger partial charge in [0.1, 0.15) is 5.75 Å². The molecule has 2 aromatic carbocycles. The molecule has 0 spiro atoms. The van der Waals surface area contributed by atoms with Crippen LogP contribution in [-0.2, 0) is 0 Å². The van der Waals surface area contributed by atoms with Crippen LogP contribution in [0.25, 0.3) is 10.1 Å². The molecule has 0 saturated carbocycles. The van der Waals surface area contributed by atoms with Crippen molar-refractivity contribution >= 4 is 44.6 Å². The van der Waals surface area contributed by atoms with E-state index in [0.29, 0.717) is 9.90 Å². The summed E-state index contributed by atoms with van der Waals surface area (Å²) in [6.07, 6.45) is 0. The summed E-state index contributed by atoms with van der Waals surface area (Å²) < 4.78 is 6.26. The van der Waals surface area contributed by atoms with Crippen molar-refractivity contribution in [1.82, 2.24) is 5.01 Å². The van der Waals surface area contributed by atoms with E-state index in [1.807, 2.05) is 36.4 Å². The van der Waals surface area contributed by atoms with Gasteiger partial charge < -0.3 is 4.74 Å². The molecule has 23 heavy (non-hydrogen) atoms. The van der Waals surface area contributed by atoms with Crippen molar-refractivity contribution in [2.24, 2.45) is 0 Å². The van der Waals surface area contributed by atoms with Gasteiger partial charge in [0, 0.05) is 16.8 Å². The van der Waals surface area contributed by atoms with Gasteiger partial charge in [0.2, 0.25) is 0 Å². The van der Waals surface area contributed by atoms with Crippen LogP contribution in [0, 0.1) is 0 Å². The van der Waals surface area contributed by atoms with Gasteiger partial charge in [-0.1, -0.05) is 17.7 Å². The maximum Gasteiger partial charge on any atom is 0.282 e. The third-order valence-electron chi connectivity index (χ3n) is 3.36. The van der Waals surface area contributed by atoms with Gasteiger partial charge in [0.05, 0.1) is 17.7 Å². The molecule has 0 aliphatic rings. The molecular formula is C17H15ClN2O2S. The van der Waals surface area contributed by atoms with E-state index in [1.165, 1.54) is 16.3 Å². The smallest absolute Gasteiger partial charge is 0.282 e. The number of benzene rings is 2. The van der Waals surface area contributed by atoms with Crippen LogP contribution in [-0.4, -0.2) is 25.1 Å². The first kappa shape index (κ1) is 15.6. The number of hydrogen-bond donors (Lipinski definition) is 1. The number of hydrazine groups is 1. The predicted molar refractivity (Wildman–Crippen MR) is 95.5 cm³/mol. The van der Waals surface area contributed by atoms with Crippen LogP contribution < -0.4 is 10.2 Å². The number of ether oxygens (including phenoxy) is 1. The summed E-state index contributed by atoms with van der Waals surface area (Å²) >= 11 is 7.41. The molecule has 0 bridgehead atoms. The van der Waals surface area contributed by atoms with Crippen molar-refractivity contribution < 1.29 is 9.53 Å². The lowest BCUT2D eigenvalue weighted by atomic mass is 10.2. The van der Waals surface area contributed by atoms with Gasteiger partial charge in [0.25, 0.3) is 5.91 Å². The second-order valence-electron chi connectivity index (χ2n) is 5.00. The average molecular weight is 347 g/mol. The summed E-state index contributed by atoms with van der Waals surface area (Å²) in [5.41, 5.74) is 3.79. The molecular weight excluding hydrogens is 332 g/mol. The number of nitrogens with zero attached hydrogens (tertiary/aromatic N) is 1. The van der Waals surface area contributed by atoms with Gasteiger partial charge in [-0.2, -0.15) is 0 Å². The lowest BCUT2D eigenvalue weighted by Crippen LogP contribution is -2.31. The van der Waals surface area contributed by atoms with Gasteiger partial charge in [0.15, 0.2) is 0 Å². The Morgan fingerprint density at radius 3 is 2.78 bits per heavy atom. The molecule has 1 amide bonds. The molecule has 0 aliphatic heterocycles. The number of thiophene rings is 1. The summed E-state index contributed by atoms with van der Waals surface area (Å²) in [5, 5.41) is 3.06. The minimum atomic E-state index is -0.106. The van der Waals surface area contributed by atoms with Crippen molar-refractivity contribution in [3.63, 3.8) is 0 Å². The molecule has 0 saturated heterocycles. The van der Waals surface area contributed by atoms with Crippen LogP contribution in [0.2, 0.25) is 5.02 Å². The highest BCUT2D eigenvalue weighted by Gasteiger charge is 2.15. The Hall–Kier alpha value is -2.24. The number of hydrogen-bond acceptors (Lipinski definition) is 4. The topological polar surface area (TPSA) is 41.6 Å². The molecule has 0 radical (unpaired) electrons. The van der Waals surface area contributed by atoms with Crippen molar-refractivity contribution in [3.05, 3.63) is 58.4 Å². The minimum absolute atomic E-state index is 0.106. The second-order valence-corrected chi connectivity index (χ2v) is 6.52. The van der Waals surface area contributed by atoms with Gasteiger partial charge in [-0.05, 0) is 47.9 Å². The zero-order chi connectivity index (χ0) is 16.4. The van der Waals surface area contributed by atoms with Crippen LogP contribution in [0.5, 0.6) is 5.75 Å². The van der Waals surface area contributed by atoms with Crippen LogP contribution >= 0.6 is 22.9 Å². The molecule has 3 aromatic rings. The summed E-state index contributed by atoms with van der Waals surface area (Å²) in [4.78, 5) is 13.2. The van der Waals surface area contributed by atoms with E-state index in [1.54, 1.807) is 26.3 Å². The van der Waals surface area contributed by atoms with Crippen molar-refractivity contribution in [2.75, 3.05) is 19.6 Å². The van der Waals surface area contributed by atoms with E-state index in [4.69, 9.17) is 16.3 Å². The minimum Gasteiger partial charge on any atom is -0.497 e. The maximum absolute atomic E-state index is 12.6. The normalized spacial score (nSPS) is 10.6. The van der Waals surface area contributed by atoms with Gasteiger partial charge in [-0.3, -0.25) is 15.2 Å². The Kier molecular flexibility index (Phi) is 4.41. The molecule has 0 atom stereocenters. The van der Waals surface area contributed by atoms with Crippen LogP contribution in [0.3, 0.4) is 0 Å². The SMILES string of the molecule is COc1ccc2sc(C(=O)N(C)Nc3cccc(Cl)c3)cc2c1. The highest BCUT2D eigenvalue weighted by atomic mass is 35.5. The summed E-state index contributed by atoms with van der Waals surface area (Å²) in [5.74, 6) is 0.671. The Morgan fingerprint density at radius 2 is 2.04 bits per heavy atom. The number of anilines is 1. The number of fused-ring (bicyclic) bond motifs is 1. The fraction of sp³-hybridized carbons (Fsp3) is 0.118. The van der Waals surface area contributed by atoms with E-state index in [9.17, 15) is 4.79 Å². The number of amides is 1. The molecule has 118 valence electrons. The highest BCUT2D eigenvalue weighted by Crippen LogP contribution is 2.29. The lowest BCUT2D eigenvalue weighted by molar-refractivity contribution is 0.0831. The van der Waals surface area contributed by atoms with Crippen LogP contribution in [0.15, 0.2) is 48.5 Å². The number of methoxy groups -OCH3 is 1. The largest absolute Gasteiger partial charge is 0.497 e. The second kappa shape index (κ2) is 6.48. The first-order valence-corrected chi connectivity index (χ1v) is 8.14. The van der Waals surface area contributed by atoms with E-state index < -0.39 is 0 Å². The average Bonchev–Trinajstić information content (AvgIpc) is 2.96. The summed E-state index contributed by atoms with van der Waals surface area (Å²) in [6, 6.07) is 14.9. The van der Waals surface area contributed by atoms with Gasteiger partial charge >= 0.3 is 0 Å². The Bertz CT molecular complexity index is 863. The van der Waals surface area contributed by atoms with Crippen LogP contribution in [0.1, 0.15) is 9.67 Å². The fourth-order valence-electron chi connectivity index (χ4n) is 2.22. The third-order valence-corrected chi connectivity index (χ3v) is 4.70. The quantitative estimate of drug-likeness (QED) is 0.698. The molecule has 3 rings (SSSR count). The van der Waals surface area contributed by atoms with Gasteiger partial charge in [-0.15, -0.1) is 11.3 Å². The first-order chi connectivity index (χ1) is 11.1. The number of carbonyl (C=O) groups excluding carboxylic acids is 1. The van der Waals surface area contributed by atoms with Crippen molar-refractivity contribution in [2.45, 2.75) is 0 Å². The van der Waals surface area contributed by atoms with Crippen molar-refractivity contribution in [1.29, 1.82) is 0 Å². The molecule has 0 unspecified atom stereocenters. The van der Waals surface area contributed by atoms with Crippen molar-refractivity contribution in [3.8, 4) is 5.75 Å². The number of nitrogens with one attached hydrogen (secondary N) is 1. The number of rotatable bonds is 4. The lowest BCUT2D eigenvalue weighted by Gasteiger charge is -2.18. The highest BCUT2D eigenvalue weighted by molar-refractivity contribution is 7.20. The molecule has 0 fully saturated rings. The summed E-state index contributed by atoms with van der Waals surface area (Å²) in [7, 11) is 3.32. The van der Waals surface area contributed by atoms with E-state index in [0.717, 1.165) is 21.5 Å². The predicted octanol–water partition coefficient (Wildman–Crippen LogP) is 4.66. The first-order valence-electron chi connectivity index (χ1n) is 6.94. The Labute approximate surface area is 143 Å². The van der Waals surface area contributed by atoms with E-state index >= 15 is 0 Å². The Morgan fingerprint density at radius 1 is 1.22 bits per heavy atom. The standard InChI is InChI=1S/C17H15ClN2O2S/c1-20(19-13-5-3-4-12(18)10-13)17(21)16-9-11-8-14(22-2)6-7-15(11)23-16/h3-10,19H,1-2H3. The van der Waals surface area contributed by atoms with Gasteiger partial charge in [-0.25, -0.2) is 0 Å². The number of halogens is 1. The molecule has 4 nitrogen and oxygen atoms in total. The zero-order valence-electron chi connectivity index (χ0n) is 12.7. The number of carbonyl (C=O) groups is 1. The fourth-order valence-corrected chi connectivity index (χ4v) is 3.43. The summed E-state index contributed by atoms with van der Waals surface area (Å²) in [6.45, 7) is 0. The van der Waals surface area contributed by atoms with Crippen LogP contribution in [0.4, 0.5) is 5.69 Å². The molecule has 1 heterocycles. The maximum atomic E-state index is 12.6. The Balaban J connectivity index is 1.81. The third kappa shape index (κ3) is 3.41. The zero-order valence-corrected chi connectivity index (χ0v) is 14.2.